The first-order valence-corrected chi connectivity index (χ1v) is 11.8. The third-order valence-electron chi connectivity index (χ3n) is 5.14. The maximum Gasteiger partial charge on any atom is 0.252 e. The van der Waals surface area contributed by atoms with Gasteiger partial charge in [-0.25, -0.2) is 8.42 Å². The van der Waals surface area contributed by atoms with E-state index in [0.717, 1.165) is 41.6 Å². The monoisotopic (exact) mass is 417 g/mol. The SMILES string of the molecule is CCC(CC)[C@H](CNC(=O)CN(C)S(=O)(=O)c1cccs1)N1CCOCC1. The van der Waals surface area contributed by atoms with Gasteiger partial charge in [-0.15, -0.1) is 11.3 Å². The van der Waals surface area contributed by atoms with Crippen molar-refractivity contribution in [2.45, 2.75) is 36.9 Å². The van der Waals surface area contributed by atoms with Crippen LogP contribution >= 0.6 is 11.3 Å². The predicted molar refractivity (Wildman–Crippen MR) is 107 cm³/mol. The molecule has 1 aliphatic heterocycles. The Kier molecular flexibility index (Phi) is 8.68. The number of nitrogens with zero attached hydrogens (tertiary/aromatic N) is 2. The standard InChI is InChI=1S/C18H31N3O4S2/c1-4-15(5-2)16(21-8-10-25-11-9-21)13-19-17(22)14-20(3)27(23,24)18-7-6-12-26-18/h6-7,12,15-16H,4-5,8-11,13-14H2,1-3H3,(H,19,22)/t16-/m0/s1. The van der Waals surface area contributed by atoms with Gasteiger partial charge in [0.2, 0.25) is 5.91 Å². The lowest BCUT2D eigenvalue weighted by Crippen LogP contribution is -2.52. The molecule has 0 unspecified atom stereocenters. The fourth-order valence-corrected chi connectivity index (χ4v) is 5.79. The van der Waals surface area contributed by atoms with Crippen LogP contribution in [0.25, 0.3) is 0 Å². The summed E-state index contributed by atoms with van der Waals surface area (Å²) in [4.78, 5) is 14.8. The summed E-state index contributed by atoms with van der Waals surface area (Å²) >= 11 is 1.15. The first-order chi connectivity index (χ1) is 12.9. The Balaban J connectivity index is 1.94. The third-order valence-corrected chi connectivity index (χ3v) is 8.32. The molecule has 0 radical (unpaired) electrons. The van der Waals surface area contributed by atoms with Crippen LogP contribution in [0.1, 0.15) is 26.7 Å². The summed E-state index contributed by atoms with van der Waals surface area (Å²) in [6.07, 6.45) is 2.09. The van der Waals surface area contributed by atoms with Crippen LogP contribution in [0.3, 0.4) is 0 Å². The molecule has 2 rings (SSSR count). The Labute approximate surface area is 166 Å². The lowest BCUT2D eigenvalue weighted by atomic mass is 9.92. The number of carbonyl (C=O) groups is 1. The van der Waals surface area contributed by atoms with Crippen molar-refractivity contribution in [3.05, 3.63) is 17.5 Å². The number of nitrogens with one attached hydrogen (secondary N) is 1. The number of hydrogen-bond donors (Lipinski definition) is 1. The molecule has 1 aromatic rings. The molecule has 0 aliphatic carbocycles. The van der Waals surface area contributed by atoms with Gasteiger partial charge >= 0.3 is 0 Å². The maximum atomic E-state index is 12.4. The summed E-state index contributed by atoms with van der Waals surface area (Å²) < 4.78 is 31.7. The van der Waals surface area contributed by atoms with Crippen molar-refractivity contribution in [2.75, 3.05) is 46.4 Å². The zero-order valence-corrected chi connectivity index (χ0v) is 18.0. The van der Waals surface area contributed by atoms with Crippen molar-refractivity contribution >= 4 is 27.3 Å². The molecule has 0 aromatic carbocycles. The highest BCUT2D eigenvalue weighted by atomic mass is 32.2. The second kappa shape index (κ2) is 10.5. The number of carbonyl (C=O) groups excluding carboxylic acids is 1. The number of morpholine rings is 1. The molecular formula is C18H31N3O4S2. The van der Waals surface area contributed by atoms with E-state index in [1.165, 1.54) is 7.05 Å². The smallest absolute Gasteiger partial charge is 0.252 e. The van der Waals surface area contributed by atoms with Gasteiger partial charge in [-0.1, -0.05) is 32.8 Å². The topological polar surface area (TPSA) is 79.0 Å². The molecule has 0 bridgehead atoms. The summed E-state index contributed by atoms with van der Waals surface area (Å²) in [5.74, 6) is 0.206. The van der Waals surface area contributed by atoms with Gasteiger partial charge in [-0.2, -0.15) is 4.31 Å². The molecule has 0 spiro atoms. The van der Waals surface area contributed by atoms with Gasteiger partial charge < -0.3 is 10.1 Å². The Morgan fingerprint density at radius 3 is 2.56 bits per heavy atom. The third kappa shape index (κ3) is 5.99. The fourth-order valence-electron chi connectivity index (χ4n) is 3.46. The molecule has 1 amide bonds. The van der Waals surface area contributed by atoms with E-state index in [1.807, 2.05) is 0 Å². The summed E-state index contributed by atoms with van der Waals surface area (Å²) in [6.45, 7) is 7.85. The van der Waals surface area contributed by atoms with E-state index < -0.39 is 10.0 Å². The van der Waals surface area contributed by atoms with E-state index >= 15 is 0 Å². The van der Waals surface area contributed by atoms with Crippen LogP contribution in [0.5, 0.6) is 0 Å². The van der Waals surface area contributed by atoms with Gasteiger partial charge in [0.25, 0.3) is 10.0 Å². The lowest BCUT2D eigenvalue weighted by Gasteiger charge is -2.38. The van der Waals surface area contributed by atoms with Crippen molar-refractivity contribution < 1.29 is 17.9 Å². The first kappa shape index (κ1) is 22.3. The van der Waals surface area contributed by atoms with E-state index in [0.29, 0.717) is 25.7 Å². The molecule has 0 saturated carbocycles. The number of likely N-dealkylation sites (N-methyl/N-ethyl adjacent to an activating group) is 1. The Morgan fingerprint density at radius 1 is 1.33 bits per heavy atom. The molecule has 1 atom stereocenters. The Hall–Kier alpha value is -1.00. The minimum atomic E-state index is -3.61. The van der Waals surface area contributed by atoms with E-state index in [2.05, 4.69) is 24.1 Å². The Morgan fingerprint density at radius 2 is 2.00 bits per heavy atom. The number of thiophene rings is 1. The van der Waals surface area contributed by atoms with Crippen LogP contribution in [0.15, 0.2) is 21.7 Å². The molecule has 1 aliphatic rings. The number of amides is 1. The number of rotatable bonds is 10. The average Bonchev–Trinajstić information content (AvgIpc) is 3.21. The van der Waals surface area contributed by atoms with E-state index in [1.54, 1.807) is 17.5 Å². The van der Waals surface area contributed by atoms with Crippen LogP contribution in [0, 0.1) is 5.92 Å². The highest BCUT2D eigenvalue weighted by Crippen LogP contribution is 2.21. The fraction of sp³-hybridized carbons (Fsp3) is 0.722. The normalized spacial score (nSPS) is 17.4. The minimum Gasteiger partial charge on any atom is -0.379 e. The van der Waals surface area contributed by atoms with E-state index in [-0.39, 0.29) is 22.7 Å². The van der Waals surface area contributed by atoms with Gasteiger partial charge in [0.1, 0.15) is 4.21 Å². The second-order valence-corrected chi connectivity index (χ2v) is 10.0. The molecule has 27 heavy (non-hydrogen) atoms. The Bertz CT molecular complexity index is 669. The molecule has 1 fully saturated rings. The minimum absolute atomic E-state index is 0.182. The van der Waals surface area contributed by atoms with Crippen LogP contribution in [0.4, 0.5) is 0 Å². The van der Waals surface area contributed by atoms with Crippen molar-refractivity contribution in [3.63, 3.8) is 0 Å². The highest BCUT2D eigenvalue weighted by molar-refractivity contribution is 7.91. The zero-order valence-electron chi connectivity index (χ0n) is 16.4. The molecule has 9 heteroatoms. The molecule has 2 heterocycles. The predicted octanol–water partition coefficient (Wildman–Crippen LogP) is 1.62. The maximum absolute atomic E-state index is 12.4. The van der Waals surface area contributed by atoms with Gasteiger partial charge in [-0.05, 0) is 17.4 Å². The van der Waals surface area contributed by atoms with Crippen molar-refractivity contribution in [2.24, 2.45) is 5.92 Å². The van der Waals surface area contributed by atoms with Crippen molar-refractivity contribution in [3.8, 4) is 0 Å². The van der Waals surface area contributed by atoms with Gasteiger partial charge in [0.15, 0.2) is 0 Å². The van der Waals surface area contributed by atoms with Crippen molar-refractivity contribution in [1.82, 2.24) is 14.5 Å². The molecular weight excluding hydrogens is 386 g/mol. The van der Waals surface area contributed by atoms with Gasteiger partial charge in [-0.3, -0.25) is 9.69 Å². The number of hydrogen-bond acceptors (Lipinski definition) is 6. The summed E-state index contributed by atoms with van der Waals surface area (Å²) in [5, 5.41) is 4.67. The van der Waals surface area contributed by atoms with E-state index in [4.69, 9.17) is 4.74 Å². The lowest BCUT2D eigenvalue weighted by molar-refractivity contribution is -0.121. The van der Waals surface area contributed by atoms with Gasteiger partial charge in [0, 0.05) is 32.7 Å². The summed E-state index contributed by atoms with van der Waals surface area (Å²) in [7, 11) is -2.17. The van der Waals surface area contributed by atoms with Crippen LogP contribution < -0.4 is 5.32 Å². The molecule has 1 N–H and O–H groups in total. The molecule has 1 saturated heterocycles. The van der Waals surface area contributed by atoms with Crippen LogP contribution in [-0.2, 0) is 19.6 Å². The van der Waals surface area contributed by atoms with Crippen LogP contribution in [0.2, 0.25) is 0 Å². The molecule has 154 valence electrons. The van der Waals surface area contributed by atoms with E-state index in [9.17, 15) is 13.2 Å². The number of sulfonamides is 1. The quantitative estimate of drug-likeness (QED) is 0.626. The highest BCUT2D eigenvalue weighted by Gasteiger charge is 2.28. The second-order valence-electron chi connectivity index (χ2n) is 6.79. The first-order valence-electron chi connectivity index (χ1n) is 9.48. The largest absolute Gasteiger partial charge is 0.379 e. The van der Waals surface area contributed by atoms with Crippen molar-refractivity contribution in [1.29, 1.82) is 0 Å². The molecule has 1 aromatic heterocycles. The average molecular weight is 418 g/mol. The number of ether oxygens (including phenoxy) is 1. The van der Waals surface area contributed by atoms with Crippen LogP contribution in [-0.4, -0.2) is 76.0 Å². The van der Waals surface area contributed by atoms with Gasteiger partial charge in [0.05, 0.1) is 19.8 Å². The summed E-state index contributed by atoms with van der Waals surface area (Å²) in [5.41, 5.74) is 0. The molecule has 7 nitrogen and oxygen atoms in total. The summed E-state index contributed by atoms with van der Waals surface area (Å²) in [6, 6.07) is 3.48. The zero-order chi connectivity index (χ0) is 19.9.